The molecule has 0 amide bonds. The molecule has 3 heteroatoms. The summed E-state index contributed by atoms with van der Waals surface area (Å²) in [6.45, 7) is -2.51. The second kappa shape index (κ2) is 2.09. The Morgan fingerprint density at radius 1 is 2.00 bits per heavy atom. The van der Waals surface area contributed by atoms with Crippen LogP contribution in [0.4, 0.5) is 0 Å². The third-order valence-electron chi connectivity index (χ3n) is 0.526. The van der Waals surface area contributed by atoms with Gasteiger partial charge in [-0.15, -0.1) is 0 Å². The standard InChI is InChI=1S/C5H5ClN2/c1-4-2-5(6)3-7-8-4/h2-3H,1H3/i1D3,2D,3D. The maximum absolute atomic E-state index is 7.28. The highest BCUT2D eigenvalue weighted by Crippen LogP contribution is 2.03. The van der Waals surface area contributed by atoms with Crippen molar-refractivity contribution in [1.29, 1.82) is 0 Å². The number of aryl methyl sites for hydroxylation is 1. The number of rotatable bonds is 0. The molecule has 0 bridgehead atoms. The van der Waals surface area contributed by atoms with E-state index in [0.717, 1.165) is 0 Å². The molecule has 0 aliphatic carbocycles. The van der Waals surface area contributed by atoms with Gasteiger partial charge in [-0.3, -0.25) is 0 Å². The average molecular weight is 134 g/mol. The van der Waals surface area contributed by atoms with Crippen molar-refractivity contribution in [2.75, 3.05) is 0 Å². The predicted octanol–water partition coefficient (Wildman–Crippen LogP) is 1.44. The molecule has 0 aromatic carbocycles. The van der Waals surface area contributed by atoms with E-state index < -0.39 is 18.6 Å². The lowest BCUT2D eigenvalue weighted by atomic mass is 10.4. The largest absolute Gasteiger partial charge is 0.157 e. The molecule has 1 rings (SSSR count). The van der Waals surface area contributed by atoms with Gasteiger partial charge < -0.3 is 0 Å². The van der Waals surface area contributed by atoms with Gasteiger partial charge in [-0.1, -0.05) is 11.6 Å². The van der Waals surface area contributed by atoms with Gasteiger partial charge in [-0.05, 0) is 12.9 Å². The maximum Gasteiger partial charge on any atom is 0.0876 e. The molecule has 0 saturated heterocycles. The van der Waals surface area contributed by atoms with E-state index >= 15 is 0 Å². The number of halogens is 1. The van der Waals surface area contributed by atoms with Crippen molar-refractivity contribution in [3.8, 4) is 0 Å². The zero-order valence-electron chi connectivity index (χ0n) is 8.77. The first-order valence-electron chi connectivity index (χ1n) is 4.34. The molecular formula is C5H5ClN2. The molecule has 42 valence electrons. The van der Waals surface area contributed by atoms with Crippen molar-refractivity contribution in [2.24, 2.45) is 0 Å². The first-order chi connectivity index (χ1) is 5.84. The van der Waals surface area contributed by atoms with Gasteiger partial charge in [0, 0.05) is 4.11 Å². The molecule has 0 unspecified atom stereocenters. The summed E-state index contributed by atoms with van der Waals surface area (Å²) in [6, 6.07) is -0.457. The molecule has 1 aromatic rings. The minimum Gasteiger partial charge on any atom is -0.157 e. The lowest BCUT2D eigenvalue weighted by Gasteiger charge is -1.86. The number of hydrogen-bond acceptors (Lipinski definition) is 2. The summed E-state index contributed by atoms with van der Waals surface area (Å²) in [5.41, 5.74) is -0.478. The molecule has 2 nitrogen and oxygen atoms in total. The van der Waals surface area contributed by atoms with Crippen LogP contribution in [0.5, 0.6) is 0 Å². The van der Waals surface area contributed by atoms with Crippen LogP contribution in [0.25, 0.3) is 0 Å². The van der Waals surface area contributed by atoms with E-state index in [-0.39, 0.29) is 11.2 Å². The Kier molecular flexibility index (Phi) is 0.511. The summed E-state index contributed by atoms with van der Waals surface area (Å²) < 4.78 is 35.2. The SMILES string of the molecule is [2H]c1nnc(C([2H])([2H])[2H])c([2H])c1Cl. The summed E-state index contributed by atoms with van der Waals surface area (Å²) in [5, 5.41) is 6.16. The van der Waals surface area contributed by atoms with Gasteiger partial charge in [0.15, 0.2) is 0 Å². The first kappa shape index (κ1) is 1.95. The van der Waals surface area contributed by atoms with Crippen LogP contribution < -0.4 is 0 Å². The zero-order chi connectivity index (χ0) is 10.2. The van der Waals surface area contributed by atoms with E-state index in [1.54, 1.807) is 0 Å². The Hall–Kier alpha value is -0.630. The fraction of sp³-hybridized carbons (Fsp3) is 0.200. The van der Waals surface area contributed by atoms with Gasteiger partial charge in [-0.25, -0.2) is 0 Å². The van der Waals surface area contributed by atoms with E-state index in [1.807, 2.05) is 0 Å². The van der Waals surface area contributed by atoms with Crippen LogP contribution in [-0.4, -0.2) is 10.2 Å². The van der Waals surface area contributed by atoms with E-state index in [9.17, 15) is 0 Å². The van der Waals surface area contributed by atoms with Crippen molar-refractivity contribution in [2.45, 2.75) is 6.85 Å². The third kappa shape index (κ3) is 1.17. The topological polar surface area (TPSA) is 25.8 Å². The molecule has 0 aliphatic heterocycles. The summed E-state index contributed by atoms with van der Waals surface area (Å²) in [6.07, 6.45) is -0.389. The highest BCUT2D eigenvalue weighted by atomic mass is 35.5. The second-order valence-electron chi connectivity index (χ2n) is 1.10. The summed E-state index contributed by atoms with van der Waals surface area (Å²) in [5.74, 6) is 0. The Labute approximate surface area is 59.5 Å². The Balaban J connectivity index is 3.35. The Bertz CT molecular complexity index is 336. The zero-order valence-corrected chi connectivity index (χ0v) is 4.53. The molecule has 0 spiro atoms. The number of nitrogens with zero attached hydrogens (tertiary/aromatic N) is 2. The highest BCUT2D eigenvalue weighted by Gasteiger charge is 1.85. The number of hydrogen-bond donors (Lipinski definition) is 0. The summed E-state index contributed by atoms with van der Waals surface area (Å²) in [7, 11) is 0. The quantitative estimate of drug-likeness (QED) is 0.535. The van der Waals surface area contributed by atoms with Crippen LogP contribution in [0, 0.1) is 6.85 Å². The van der Waals surface area contributed by atoms with Gasteiger partial charge in [-0.2, -0.15) is 10.2 Å². The van der Waals surface area contributed by atoms with Gasteiger partial charge in [0.25, 0.3) is 0 Å². The molecule has 0 radical (unpaired) electrons. The van der Waals surface area contributed by atoms with Gasteiger partial charge in [0.1, 0.15) is 0 Å². The molecule has 0 atom stereocenters. The van der Waals surface area contributed by atoms with E-state index in [0.29, 0.717) is 0 Å². The van der Waals surface area contributed by atoms with Crippen molar-refractivity contribution in [3.05, 3.63) is 22.9 Å². The van der Waals surface area contributed by atoms with Crippen molar-refractivity contribution < 1.29 is 6.85 Å². The third-order valence-corrected chi connectivity index (χ3v) is 0.705. The summed E-state index contributed by atoms with van der Waals surface area (Å²) >= 11 is 5.46. The lowest BCUT2D eigenvalue weighted by molar-refractivity contribution is 0.981. The fourth-order valence-electron chi connectivity index (χ4n) is 0.276. The lowest BCUT2D eigenvalue weighted by Crippen LogP contribution is -1.82. The second-order valence-corrected chi connectivity index (χ2v) is 1.48. The Morgan fingerprint density at radius 3 is 3.62 bits per heavy atom. The number of aromatic nitrogens is 2. The van der Waals surface area contributed by atoms with Gasteiger partial charge in [0.2, 0.25) is 0 Å². The minimum absolute atomic E-state index is 0.291. The minimum atomic E-state index is -2.51. The van der Waals surface area contributed by atoms with Crippen molar-refractivity contribution in [3.63, 3.8) is 0 Å². The molecular weight excluding hydrogens is 124 g/mol. The van der Waals surface area contributed by atoms with Crippen LogP contribution in [0.2, 0.25) is 5.02 Å². The highest BCUT2D eigenvalue weighted by molar-refractivity contribution is 6.30. The maximum atomic E-state index is 7.28. The first-order valence-corrected chi connectivity index (χ1v) is 2.21. The molecule has 1 aromatic heterocycles. The van der Waals surface area contributed by atoms with Crippen LogP contribution in [0.1, 0.15) is 12.5 Å². The summed E-state index contributed by atoms with van der Waals surface area (Å²) in [4.78, 5) is 0. The van der Waals surface area contributed by atoms with Crippen LogP contribution in [0.15, 0.2) is 12.2 Å². The smallest absolute Gasteiger partial charge is 0.0876 e. The van der Waals surface area contributed by atoms with Gasteiger partial charge >= 0.3 is 0 Å². The van der Waals surface area contributed by atoms with E-state index in [1.165, 1.54) is 0 Å². The van der Waals surface area contributed by atoms with Crippen LogP contribution in [0.3, 0.4) is 0 Å². The molecule has 1 heterocycles. The fourth-order valence-corrected chi connectivity index (χ4v) is 0.403. The predicted molar refractivity (Wildman–Crippen MR) is 31.8 cm³/mol. The molecule has 0 aliphatic rings. The molecule has 0 saturated carbocycles. The van der Waals surface area contributed by atoms with E-state index in [2.05, 4.69) is 10.2 Å². The average Bonchev–Trinajstić information content (AvgIpc) is 1.98. The van der Waals surface area contributed by atoms with Crippen molar-refractivity contribution in [1.82, 2.24) is 10.2 Å². The molecule has 8 heavy (non-hydrogen) atoms. The monoisotopic (exact) mass is 133 g/mol. The van der Waals surface area contributed by atoms with Crippen molar-refractivity contribution >= 4 is 11.6 Å². The van der Waals surface area contributed by atoms with E-state index in [4.69, 9.17) is 18.5 Å². The van der Waals surface area contributed by atoms with Gasteiger partial charge in [0.05, 0.1) is 19.6 Å². The molecule has 0 fully saturated rings. The van der Waals surface area contributed by atoms with Crippen LogP contribution >= 0.6 is 11.6 Å². The Morgan fingerprint density at radius 2 is 2.88 bits per heavy atom. The molecule has 0 N–H and O–H groups in total. The van der Waals surface area contributed by atoms with Crippen LogP contribution in [-0.2, 0) is 0 Å². The normalized spacial score (nSPS) is 19.9.